The van der Waals surface area contributed by atoms with Crippen LogP contribution in [0.4, 0.5) is 0 Å². The first-order chi connectivity index (χ1) is 5.74. The maximum Gasteiger partial charge on any atom is 0.0221 e. The average molecular weight is 170 g/mol. The van der Waals surface area contributed by atoms with Gasteiger partial charge in [0.25, 0.3) is 0 Å². The smallest absolute Gasteiger partial charge is 0.0221 e. The van der Waals surface area contributed by atoms with Gasteiger partial charge in [0.1, 0.15) is 0 Å². The minimum absolute atomic E-state index is 0.674. The van der Waals surface area contributed by atoms with E-state index in [2.05, 4.69) is 31.5 Å². The summed E-state index contributed by atoms with van der Waals surface area (Å²) < 4.78 is 0. The lowest BCUT2D eigenvalue weighted by atomic mass is 9.97. The van der Waals surface area contributed by atoms with Crippen molar-refractivity contribution in [3.63, 3.8) is 0 Å². The highest BCUT2D eigenvalue weighted by atomic mass is 15.0. The van der Waals surface area contributed by atoms with Gasteiger partial charge < -0.3 is 10.6 Å². The number of hydrogen-bond donors (Lipinski definition) is 2. The van der Waals surface area contributed by atoms with Gasteiger partial charge in [0.15, 0.2) is 0 Å². The van der Waals surface area contributed by atoms with Crippen molar-refractivity contribution < 1.29 is 0 Å². The van der Waals surface area contributed by atoms with Crippen molar-refractivity contribution in [1.82, 2.24) is 10.6 Å². The third-order valence-corrected chi connectivity index (χ3v) is 2.68. The Bertz CT molecular complexity index is 117. The highest BCUT2D eigenvalue weighted by Crippen LogP contribution is 2.15. The van der Waals surface area contributed by atoms with Crippen molar-refractivity contribution in [2.45, 2.75) is 45.2 Å². The minimum atomic E-state index is 0.674. The SMILES string of the molecule is CNC(CC(C)C)C1CCCN1. The maximum atomic E-state index is 3.55. The van der Waals surface area contributed by atoms with Gasteiger partial charge in [-0.25, -0.2) is 0 Å². The zero-order valence-corrected chi connectivity index (χ0v) is 8.56. The quantitative estimate of drug-likeness (QED) is 0.666. The van der Waals surface area contributed by atoms with Gasteiger partial charge in [0.2, 0.25) is 0 Å². The van der Waals surface area contributed by atoms with E-state index in [-0.39, 0.29) is 0 Å². The van der Waals surface area contributed by atoms with Crippen LogP contribution in [-0.2, 0) is 0 Å². The van der Waals surface area contributed by atoms with Gasteiger partial charge in [0, 0.05) is 12.1 Å². The highest BCUT2D eigenvalue weighted by Gasteiger charge is 2.23. The summed E-state index contributed by atoms with van der Waals surface area (Å²) in [6.45, 7) is 5.79. The van der Waals surface area contributed by atoms with Crippen LogP contribution in [0.3, 0.4) is 0 Å². The van der Waals surface area contributed by atoms with E-state index < -0.39 is 0 Å². The summed E-state index contributed by atoms with van der Waals surface area (Å²) in [4.78, 5) is 0. The molecule has 1 saturated heterocycles. The Morgan fingerprint density at radius 3 is 2.67 bits per heavy atom. The largest absolute Gasteiger partial charge is 0.315 e. The van der Waals surface area contributed by atoms with Crippen molar-refractivity contribution in [2.24, 2.45) is 5.92 Å². The minimum Gasteiger partial charge on any atom is -0.315 e. The van der Waals surface area contributed by atoms with Crippen LogP contribution < -0.4 is 10.6 Å². The monoisotopic (exact) mass is 170 g/mol. The van der Waals surface area contributed by atoms with Crippen molar-refractivity contribution in [3.05, 3.63) is 0 Å². The lowest BCUT2D eigenvalue weighted by Crippen LogP contribution is -2.43. The maximum absolute atomic E-state index is 3.55. The summed E-state index contributed by atoms with van der Waals surface area (Å²) >= 11 is 0. The summed E-state index contributed by atoms with van der Waals surface area (Å²) in [6.07, 6.45) is 3.98. The zero-order valence-electron chi connectivity index (χ0n) is 8.56. The third-order valence-electron chi connectivity index (χ3n) is 2.68. The third kappa shape index (κ3) is 2.76. The molecule has 72 valence electrons. The predicted octanol–water partition coefficient (Wildman–Crippen LogP) is 1.37. The fourth-order valence-corrected chi connectivity index (χ4v) is 2.05. The van der Waals surface area contributed by atoms with Crippen LogP contribution in [0.2, 0.25) is 0 Å². The number of likely N-dealkylation sites (N-methyl/N-ethyl adjacent to an activating group) is 1. The fraction of sp³-hybridized carbons (Fsp3) is 1.00. The van der Waals surface area contributed by atoms with E-state index in [9.17, 15) is 0 Å². The molecule has 0 radical (unpaired) electrons. The van der Waals surface area contributed by atoms with Crippen LogP contribution in [0.1, 0.15) is 33.1 Å². The summed E-state index contributed by atoms with van der Waals surface area (Å²) in [5.74, 6) is 0.796. The number of rotatable bonds is 4. The molecule has 0 amide bonds. The van der Waals surface area contributed by atoms with E-state index >= 15 is 0 Å². The molecule has 2 nitrogen and oxygen atoms in total. The van der Waals surface area contributed by atoms with Gasteiger partial charge in [-0.2, -0.15) is 0 Å². The van der Waals surface area contributed by atoms with Crippen LogP contribution in [-0.4, -0.2) is 25.7 Å². The van der Waals surface area contributed by atoms with Crippen molar-refractivity contribution in [3.8, 4) is 0 Å². The molecule has 0 aromatic carbocycles. The number of hydrogen-bond acceptors (Lipinski definition) is 2. The Morgan fingerprint density at radius 2 is 2.25 bits per heavy atom. The highest BCUT2D eigenvalue weighted by molar-refractivity contribution is 4.86. The second-order valence-corrected chi connectivity index (χ2v) is 4.23. The molecule has 1 aliphatic rings. The second kappa shape index (κ2) is 4.83. The van der Waals surface area contributed by atoms with E-state index in [0.717, 1.165) is 12.0 Å². The zero-order chi connectivity index (χ0) is 8.97. The Morgan fingerprint density at radius 1 is 1.50 bits per heavy atom. The Kier molecular flexibility index (Phi) is 4.02. The molecule has 0 aliphatic carbocycles. The Hall–Kier alpha value is -0.0800. The van der Waals surface area contributed by atoms with Gasteiger partial charge >= 0.3 is 0 Å². The molecule has 0 aromatic rings. The van der Waals surface area contributed by atoms with E-state index in [4.69, 9.17) is 0 Å². The molecule has 12 heavy (non-hydrogen) atoms. The molecular weight excluding hydrogens is 148 g/mol. The van der Waals surface area contributed by atoms with Crippen LogP contribution in [0.15, 0.2) is 0 Å². The lowest BCUT2D eigenvalue weighted by molar-refractivity contribution is 0.362. The first-order valence-corrected chi connectivity index (χ1v) is 5.14. The molecular formula is C10H22N2. The average Bonchev–Trinajstić information content (AvgIpc) is 2.51. The lowest BCUT2D eigenvalue weighted by Gasteiger charge is -2.24. The molecule has 1 heterocycles. The van der Waals surface area contributed by atoms with E-state index in [0.29, 0.717) is 6.04 Å². The molecule has 0 saturated carbocycles. The summed E-state index contributed by atoms with van der Waals surface area (Å²) in [5.41, 5.74) is 0. The fourth-order valence-electron chi connectivity index (χ4n) is 2.05. The van der Waals surface area contributed by atoms with Crippen LogP contribution >= 0.6 is 0 Å². The Balaban J connectivity index is 2.32. The summed E-state index contributed by atoms with van der Waals surface area (Å²) in [5, 5.41) is 6.96. The molecule has 0 spiro atoms. The van der Waals surface area contributed by atoms with Gasteiger partial charge in [-0.15, -0.1) is 0 Å². The van der Waals surface area contributed by atoms with Gasteiger partial charge in [0.05, 0.1) is 0 Å². The van der Waals surface area contributed by atoms with E-state index in [1.54, 1.807) is 0 Å². The molecule has 2 heteroatoms. The van der Waals surface area contributed by atoms with Crippen LogP contribution in [0.5, 0.6) is 0 Å². The number of nitrogens with one attached hydrogen (secondary N) is 2. The Labute approximate surface area is 76.1 Å². The summed E-state index contributed by atoms with van der Waals surface area (Å²) in [7, 11) is 2.08. The van der Waals surface area contributed by atoms with Gasteiger partial charge in [-0.05, 0) is 38.8 Å². The molecule has 1 aliphatic heterocycles. The summed E-state index contributed by atoms with van der Waals surface area (Å²) in [6, 6.07) is 1.39. The van der Waals surface area contributed by atoms with Crippen LogP contribution in [0.25, 0.3) is 0 Å². The van der Waals surface area contributed by atoms with E-state index in [1.807, 2.05) is 0 Å². The standard InChI is InChI=1S/C10H22N2/c1-8(2)7-10(11-3)9-5-4-6-12-9/h8-12H,4-7H2,1-3H3. The van der Waals surface area contributed by atoms with Gasteiger partial charge in [-0.1, -0.05) is 13.8 Å². The predicted molar refractivity (Wildman–Crippen MR) is 53.3 cm³/mol. The van der Waals surface area contributed by atoms with Gasteiger partial charge in [-0.3, -0.25) is 0 Å². The topological polar surface area (TPSA) is 24.1 Å². The molecule has 0 bridgehead atoms. The molecule has 1 rings (SSSR count). The molecule has 2 unspecified atom stereocenters. The van der Waals surface area contributed by atoms with Crippen molar-refractivity contribution in [2.75, 3.05) is 13.6 Å². The van der Waals surface area contributed by atoms with E-state index in [1.165, 1.54) is 25.8 Å². The molecule has 2 atom stereocenters. The van der Waals surface area contributed by atoms with Crippen molar-refractivity contribution >= 4 is 0 Å². The normalized spacial score (nSPS) is 26.5. The molecule has 0 aromatic heterocycles. The first-order valence-electron chi connectivity index (χ1n) is 5.14. The first kappa shape index (κ1) is 10.0. The van der Waals surface area contributed by atoms with Crippen LogP contribution in [0, 0.1) is 5.92 Å². The molecule has 1 fully saturated rings. The second-order valence-electron chi connectivity index (χ2n) is 4.23. The van der Waals surface area contributed by atoms with Crippen molar-refractivity contribution in [1.29, 1.82) is 0 Å². The molecule has 2 N–H and O–H groups in total.